The number of benzene rings is 1. The first kappa shape index (κ1) is 14.8. The molecule has 0 fully saturated rings. The molecule has 1 aromatic carbocycles. The van der Waals surface area contributed by atoms with E-state index < -0.39 is 0 Å². The lowest BCUT2D eigenvalue weighted by molar-refractivity contribution is 0.354. The monoisotopic (exact) mass is 251 g/mol. The van der Waals surface area contributed by atoms with Crippen LogP contribution in [0.25, 0.3) is 0 Å². The van der Waals surface area contributed by atoms with Gasteiger partial charge in [0.15, 0.2) is 11.5 Å². The van der Waals surface area contributed by atoms with Crippen LogP contribution in [0.5, 0.6) is 11.5 Å². The zero-order chi connectivity index (χ0) is 13.8. The van der Waals surface area contributed by atoms with Gasteiger partial charge in [0.1, 0.15) is 0 Å². The Morgan fingerprint density at radius 1 is 1.11 bits per heavy atom. The van der Waals surface area contributed by atoms with Crippen LogP contribution in [-0.2, 0) is 6.42 Å². The molecule has 1 aromatic rings. The smallest absolute Gasteiger partial charge is 0.161 e. The second-order valence-corrected chi connectivity index (χ2v) is 5.48. The lowest BCUT2D eigenvalue weighted by Crippen LogP contribution is -2.31. The Kier molecular flexibility index (Phi) is 5.03. The molecule has 0 radical (unpaired) electrons. The number of hydrogen-bond acceptors (Lipinski definition) is 3. The van der Waals surface area contributed by atoms with Gasteiger partial charge in [-0.15, -0.1) is 0 Å². The topological polar surface area (TPSA) is 44.5 Å². The number of ether oxygens (including phenoxy) is 2. The highest BCUT2D eigenvalue weighted by Crippen LogP contribution is 2.31. The van der Waals surface area contributed by atoms with E-state index >= 15 is 0 Å². The van der Waals surface area contributed by atoms with E-state index in [1.807, 2.05) is 6.07 Å². The molecule has 1 rings (SSSR count). The average molecular weight is 251 g/mol. The summed E-state index contributed by atoms with van der Waals surface area (Å²) in [6.45, 7) is 6.23. The van der Waals surface area contributed by atoms with E-state index in [2.05, 4.69) is 26.8 Å². The number of methoxy groups -OCH3 is 2. The summed E-state index contributed by atoms with van der Waals surface area (Å²) in [5.41, 5.74) is 8.44. The van der Waals surface area contributed by atoms with E-state index in [1.54, 1.807) is 14.2 Å². The molecule has 2 N–H and O–H groups in total. The minimum Gasteiger partial charge on any atom is -0.493 e. The SMILES string of the molecule is COc1cc(C)c(CCCC(C)(C)N)cc1OC. The van der Waals surface area contributed by atoms with Crippen LogP contribution in [0.1, 0.15) is 37.8 Å². The van der Waals surface area contributed by atoms with Gasteiger partial charge in [0.2, 0.25) is 0 Å². The van der Waals surface area contributed by atoms with E-state index in [9.17, 15) is 0 Å². The maximum absolute atomic E-state index is 5.99. The molecule has 0 aliphatic heterocycles. The highest BCUT2D eigenvalue weighted by molar-refractivity contribution is 5.47. The van der Waals surface area contributed by atoms with Gasteiger partial charge in [-0.05, 0) is 63.3 Å². The molecule has 18 heavy (non-hydrogen) atoms. The fourth-order valence-corrected chi connectivity index (χ4v) is 2.03. The Hall–Kier alpha value is -1.22. The van der Waals surface area contributed by atoms with Crippen molar-refractivity contribution in [1.29, 1.82) is 0 Å². The highest BCUT2D eigenvalue weighted by atomic mass is 16.5. The fourth-order valence-electron chi connectivity index (χ4n) is 2.03. The van der Waals surface area contributed by atoms with Crippen LogP contribution in [0, 0.1) is 6.92 Å². The molecule has 102 valence electrons. The van der Waals surface area contributed by atoms with Crippen molar-refractivity contribution in [3.63, 3.8) is 0 Å². The van der Waals surface area contributed by atoms with E-state index in [-0.39, 0.29) is 5.54 Å². The molecular weight excluding hydrogens is 226 g/mol. The van der Waals surface area contributed by atoms with Crippen LogP contribution >= 0.6 is 0 Å². The minimum absolute atomic E-state index is 0.0928. The van der Waals surface area contributed by atoms with Crippen molar-refractivity contribution in [2.75, 3.05) is 14.2 Å². The molecular formula is C15H25NO2. The first-order chi connectivity index (χ1) is 8.37. The van der Waals surface area contributed by atoms with Gasteiger partial charge in [0, 0.05) is 5.54 Å². The molecule has 0 aliphatic rings. The predicted molar refractivity (Wildman–Crippen MR) is 75.5 cm³/mol. The predicted octanol–water partition coefficient (Wildman–Crippen LogP) is 3.07. The number of hydrogen-bond donors (Lipinski definition) is 1. The first-order valence-electron chi connectivity index (χ1n) is 6.38. The summed E-state index contributed by atoms with van der Waals surface area (Å²) in [5.74, 6) is 1.59. The van der Waals surface area contributed by atoms with Crippen molar-refractivity contribution < 1.29 is 9.47 Å². The third-order valence-corrected chi connectivity index (χ3v) is 3.11. The summed E-state index contributed by atoms with van der Waals surface area (Å²) in [6, 6.07) is 4.10. The highest BCUT2D eigenvalue weighted by Gasteiger charge is 2.12. The molecule has 0 aromatic heterocycles. The minimum atomic E-state index is -0.0928. The summed E-state index contributed by atoms with van der Waals surface area (Å²) in [4.78, 5) is 0. The van der Waals surface area contributed by atoms with Crippen molar-refractivity contribution >= 4 is 0 Å². The summed E-state index contributed by atoms with van der Waals surface area (Å²) in [5, 5.41) is 0. The van der Waals surface area contributed by atoms with Gasteiger partial charge in [0.05, 0.1) is 14.2 Å². The van der Waals surface area contributed by atoms with Crippen molar-refractivity contribution in [1.82, 2.24) is 0 Å². The molecule has 0 atom stereocenters. The first-order valence-corrected chi connectivity index (χ1v) is 6.38. The summed E-state index contributed by atoms with van der Waals surface area (Å²) >= 11 is 0. The molecule has 0 saturated carbocycles. The molecule has 0 heterocycles. The van der Waals surface area contributed by atoms with Gasteiger partial charge in [0.25, 0.3) is 0 Å². The van der Waals surface area contributed by atoms with Crippen molar-refractivity contribution in [2.45, 2.75) is 45.6 Å². The van der Waals surface area contributed by atoms with E-state index in [4.69, 9.17) is 15.2 Å². The van der Waals surface area contributed by atoms with Crippen LogP contribution in [0.2, 0.25) is 0 Å². The Balaban J connectivity index is 2.77. The summed E-state index contributed by atoms with van der Waals surface area (Å²) in [6.07, 6.45) is 3.12. The Morgan fingerprint density at radius 2 is 1.67 bits per heavy atom. The lowest BCUT2D eigenvalue weighted by atomic mass is 9.95. The second kappa shape index (κ2) is 6.10. The van der Waals surface area contributed by atoms with Gasteiger partial charge in [-0.2, -0.15) is 0 Å². The van der Waals surface area contributed by atoms with Gasteiger partial charge >= 0.3 is 0 Å². The van der Waals surface area contributed by atoms with Crippen molar-refractivity contribution in [3.8, 4) is 11.5 Å². The molecule has 0 unspecified atom stereocenters. The van der Waals surface area contributed by atoms with E-state index in [0.29, 0.717) is 0 Å². The van der Waals surface area contributed by atoms with Gasteiger partial charge in [-0.25, -0.2) is 0 Å². The van der Waals surface area contributed by atoms with Crippen LogP contribution < -0.4 is 15.2 Å². The van der Waals surface area contributed by atoms with Gasteiger partial charge < -0.3 is 15.2 Å². The second-order valence-electron chi connectivity index (χ2n) is 5.48. The number of rotatable bonds is 6. The molecule has 3 nitrogen and oxygen atoms in total. The molecule has 0 spiro atoms. The number of aryl methyl sites for hydroxylation is 2. The van der Waals surface area contributed by atoms with E-state index in [1.165, 1.54) is 11.1 Å². The molecule has 0 amide bonds. The molecule has 3 heteroatoms. The standard InChI is InChI=1S/C15H25NO2/c1-11-9-13(17-4)14(18-5)10-12(11)7-6-8-15(2,3)16/h9-10H,6-8,16H2,1-5H3. The van der Waals surface area contributed by atoms with Gasteiger partial charge in [-0.1, -0.05) is 0 Å². The van der Waals surface area contributed by atoms with E-state index in [0.717, 1.165) is 30.8 Å². The largest absolute Gasteiger partial charge is 0.493 e. The molecule has 0 bridgehead atoms. The van der Waals surface area contributed by atoms with Crippen molar-refractivity contribution in [2.24, 2.45) is 5.73 Å². The third kappa shape index (κ3) is 4.22. The zero-order valence-corrected chi connectivity index (χ0v) is 12.2. The summed E-state index contributed by atoms with van der Waals surface area (Å²) in [7, 11) is 3.33. The summed E-state index contributed by atoms with van der Waals surface area (Å²) < 4.78 is 10.6. The quantitative estimate of drug-likeness (QED) is 0.845. The Bertz CT molecular complexity index is 394. The normalized spacial score (nSPS) is 11.4. The Labute approximate surface area is 110 Å². The van der Waals surface area contributed by atoms with Crippen molar-refractivity contribution in [3.05, 3.63) is 23.3 Å². The zero-order valence-electron chi connectivity index (χ0n) is 12.2. The average Bonchev–Trinajstić information content (AvgIpc) is 2.29. The maximum Gasteiger partial charge on any atom is 0.161 e. The fraction of sp³-hybridized carbons (Fsp3) is 0.600. The van der Waals surface area contributed by atoms with Crippen LogP contribution in [0.4, 0.5) is 0 Å². The molecule has 0 aliphatic carbocycles. The van der Waals surface area contributed by atoms with Crippen LogP contribution in [0.15, 0.2) is 12.1 Å². The third-order valence-electron chi connectivity index (χ3n) is 3.11. The van der Waals surface area contributed by atoms with Gasteiger partial charge in [-0.3, -0.25) is 0 Å². The lowest BCUT2D eigenvalue weighted by Gasteiger charge is -2.18. The maximum atomic E-state index is 5.99. The molecule has 0 saturated heterocycles. The van der Waals surface area contributed by atoms with Crippen LogP contribution in [0.3, 0.4) is 0 Å². The number of nitrogens with two attached hydrogens (primary N) is 1. The van der Waals surface area contributed by atoms with Crippen LogP contribution in [-0.4, -0.2) is 19.8 Å². The Morgan fingerprint density at radius 3 is 2.17 bits per heavy atom.